The molecule has 2 rings (SSSR count). The molecule has 1 aliphatic rings. The van der Waals surface area contributed by atoms with Gasteiger partial charge in [-0.3, -0.25) is 9.78 Å². The Balaban J connectivity index is 1.87. The maximum Gasteiger partial charge on any atom is 0.303 e. The predicted octanol–water partition coefficient (Wildman–Crippen LogP) is 1.93. The van der Waals surface area contributed by atoms with Crippen LogP contribution in [0.2, 0.25) is 0 Å². The van der Waals surface area contributed by atoms with Crippen molar-refractivity contribution in [1.29, 1.82) is 0 Å². The lowest BCUT2D eigenvalue weighted by atomic mass is 10.3. The van der Waals surface area contributed by atoms with E-state index in [9.17, 15) is 4.79 Å². The SMILES string of the molecule is CC(=O)OCc1cc(OCC2CC2)ccn1. The molecule has 86 valence electrons. The van der Waals surface area contributed by atoms with Crippen molar-refractivity contribution in [3.8, 4) is 5.75 Å². The van der Waals surface area contributed by atoms with Gasteiger partial charge in [-0.25, -0.2) is 0 Å². The van der Waals surface area contributed by atoms with Crippen LogP contribution in [0.4, 0.5) is 0 Å². The van der Waals surface area contributed by atoms with Crippen LogP contribution in [-0.2, 0) is 16.1 Å². The van der Waals surface area contributed by atoms with Crippen LogP contribution in [0.15, 0.2) is 18.3 Å². The minimum absolute atomic E-state index is 0.204. The Labute approximate surface area is 94.6 Å². The quantitative estimate of drug-likeness (QED) is 0.713. The van der Waals surface area contributed by atoms with Gasteiger partial charge in [0.25, 0.3) is 0 Å². The van der Waals surface area contributed by atoms with Crippen LogP contribution in [0.1, 0.15) is 25.5 Å². The number of carbonyl (C=O) groups is 1. The standard InChI is InChI=1S/C12H15NO3/c1-9(14)15-8-11-6-12(4-5-13-11)16-7-10-2-3-10/h4-6,10H,2-3,7-8H2,1H3. The van der Waals surface area contributed by atoms with Gasteiger partial charge in [0, 0.05) is 19.2 Å². The number of hydrogen-bond donors (Lipinski definition) is 0. The van der Waals surface area contributed by atoms with Gasteiger partial charge < -0.3 is 9.47 Å². The average Bonchev–Trinajstić information content (AvgIpc) is 3.08. The molecule has 0 aromatic carbocycles. The van der Waals surface area contributed by atoms with E-state index in [4.69, 9.17) is 9.47 Å². The summed E-state index contributed by atoms with van der Waals surface area (Å²) in [6.45, 7) is 2.36. The van der Waals surface area contributed by atoms with Crippen molar-refractivity contribution < 1.29 is 14.3 Å². The topological polar surface area (TPSA) is 48.4 Å². The van der Waals surface area contributed by atoms with Gasteiger partial charge in [-0.1, -0.05) is 0 Å². The Morgan fingerprint density at radius 1 is 1.56 bits per heavy atom. The third kappa shape index (κ3) is 3.53. The van der Waals surface area contributed by atoms with Gasteiger partial charge >= 0.3 is 5.97 Å². The lowest BCUT2D eigenvalue weighted by Gasteiger charge is -2.06. The molecule has 0 aliphatic heterocycles. The van der Waals surface area contributed by atoms with Crippen molar-refractivity contribution in [2.75, 3.05) is 6.61 Å². The summed E-state index contributed by atoms with van der Waals surface area (Å²) in [5.74, 6) is 1.22. The van der Waals surface area contributed by atoms with Gasteiger partial charge in [-0.15, -0.1) is 0 Å². The number of nitrogens with zero attached hydrogens (tertiary/aromatic N) is 1. The number of esters is 1. The van der Waals surface area contributed by atoms with Gasteiger partial charge in [0.05, 0.1) is 12.3 Å². The molecule has 4 heteroatoms. The second-order valence-corrected chi connectivity index (χ2v) is 4.02. The fourth-order valence-corrected chi connectivity index (χ4v) is 1.30. The molecule has 4 nitrogen and oxygen atoms in total. The van der Waals surface area contributed by atoms with Crippen molar-refractivity contribution in [2.45, 2.75) is 26.4 Å². The molecule has 0 bridgehead atoms. The first kappa shape index (κ1) is 10.9. The predicted molar refractivity (Wildman–Crippen MR) is 57.9 cm³/mol. The van der Waals surface area contributed by atoms with Crippen molar-refractivity contribution in [3.05, 3.63) is 24.0 Å². The summed E-state index contributed by atoms with van der Waals surface area (Å²) in [5, 5.41) is 0. The maximum atomic E-state index is 10.6. The zero-order valence-corrected chi connectivity index (χ0v) is 9.31. The van der Waals surface area contributed by atoms with Crippen LogP contribution < -0.4 is 4.74 Å². The minimum Gasteiger partial charge on any atom is -0.493 e. The zero-order chi connectivity index (χ0) is 11.4. The third-order valence-corrected chi connectivity index (χ3v) is 2.39. The van der Waals surface area contributed by atoms with Crippen molar-refractivity contribution in [3.63, 3.8) is 0 Å². The van der Waals surface area contributed by atoms with Gasteiger partial charge in [0.1, 0.15) is 12.4 Å². The Morgan fingerprint density at radius 3 is 3.06 bits per heavy atom. The fourth-order valence-electron chi connectivity index (χ4n) is 1.30. The molecule has 16 heavy (non-hydrogen) atoms. The second-order valence-electron chi connectivity index (χ2n) is 4.02. The normalized spacial score (nSPS) is 14.6. The van der Waals surface area contributed by atoms with Crippen molar-refractivity contribution in [1.82, 2.24) is 4.98 Å². The van der Waals surface area contributed by atoms with Gasteiger partial charge in [-0.05, 0) is 24.8 Å². The highest BCUT2D eigenvalue weighted by molar-refractivity contribution is 5.65. The van der Waals surface area contributed by atoms with Crippen LogP contribution in [0, 0.1) is 5.92 Å². The number of carbonyl (C=O) groups excluding carboxylic acids is 1. The molecule has 1 fully saturated rings. The fraction of sp³-hybridized carbons (Fsp3) is 0.500. The first-order valence-electron chi connectivity index (χ1n) is 5.45. The summed E-state index contributed by atoms with van der Waals surface area (Å²) in [6, 6.07) is 3.63. The van der Waals surface area contributed by atoms with Crippen LogP contribution in [-0.4, -0.2) is 17.6 Å². The molecule has 1 aromatic heterocycles. The molecule has 0 unspecified atom stereocenters. The first-order chi connectivity index (χ1) is 7.74. The molecular weight excluding hydrogens is 206 g/mol. The monoisotopic (exact) mass is 221 g/mol. The Bertz CT molecular complexity index is 374. The van der Waals surface area contributed by atoms with Gasteiger partial charge in [0.15, 0.2) is 0 Å². The summed E-state index contributed by atoms with van der Waals surface area (Å²) in [4.78, 5) is 14.7. The Hall–Kier alpha value is -1.58. The maximum absolute atomic E-state index is 10.6. The molecule has 0 atom stereocenters. The van der Waals surface area contributed by atoms with E-state index >= 15 is 0 Å². The smallest absolute Gasteiger partial charge is 0.303 e. The Morgan fingerprint density at radius 2 is 2.38 bits per heavy atom. The molecule has 1 aromatic rings. The molecular formula is C12H15NO3. The summed E-state index contributed by atoms with van der Waals surface area (Å²) in [5.41, 5.74) is 0.712. The number of ether oxygens (including phenoxy) is 2. The highest BCUT2D eigenvalue weighted by Gasteiger charge is 2.21. The number of pyridine rings is 1. The lowest BCUT2D eigenvalue weighted by Crippen LogP contribution is -2.03. The van der Waals surface area contributed by atoms with Gasteiger partial charge in [-0.2, -0.15) is 0 Å². The molecule has 0 spiro atoms. The van der Waals surface area contributed by atoms with E-state index in [2.05, 4.69) is 4.98 Å². The lowest BCUT2D eigenvalue weighted by molar-refractivity contribution is -0.142. The van der Waals surface area contributed by atoms with E-state index in [-0.39, 0.29) is 12.6 Å². The average molecular weight is 221 g/mol. The summed E-state index contributed by atoms with van der Waals surface area (Å²) in [6.07, 6.45) is 4.21. The van der Waals surface area contributed by atoms with Crippen molar-refractivity contribution in [2.24, 2.45) is 5.92 Å². The summed E-state index contributed by atoms with van der Waals surface area (Å²) < 4.78 is 10.5. The first-order valence-corrected chi connectivity index (χ1v) is 5.45. The van der Waals surface area contributed by atoms with E-state index in [1.165, 1.54) is 19.8 Å². The second kappa shape index (κ2) is 4.96. The van der Waals surface area contributed by atoms with Crippen LogP contribution in [0.3, 0.4) is 0 Å². The molecule has 0 amide bonds. The van der Waals surface area contributed by atoms with Crippen LogP contribution >= 0.6 is 0 Å². The zero-order valence-electron chi connectivity index (χ0n) is 9.31. The van der Waals surface area contributed by atoms with E-state index in [1.54, 1.807) is 6.20 Å². The minimum atomic E-state index is -0.300. The molecule has 1 aliphatic carbocycles. The highest BCUT2D eigenvalue weighted by Crippen LogP contribution is 2.29. The van der Waals surface area contributed by atoms with E-state index in [0.717, 1.165) is 18.3 Å². The van der Waals surface area contributed by atoms with Crippen molar-refractivity contribution >= 4 is 5.97 Å². The number of hydrogen-bond acceptors (Lipinski definition) is 4. The molecule has 1 saturated carbocycles. The largest absolute Gasteiger partial charge is 0.493 e. The van der Waals surface area contributed by atoms with Crippen LogP contribution in [0.5, 0.6) is 5.75 Å². The van der Waals surface area contributed by atoms with E-state index < -0.39 is 0 Å². The molecule has 1 heterocycles. The molecule has 0 N–H and O–H groups in total. The number of aromatic nitrogens is 1. The molecule has 0 radical (unpaired) electrons. The third-order valence-electron chi connectivity index (χ3n) is 2.39. The van der Waals surface area contributed by atoms with Gasteiger partial charge in [0.2, 0.25) is 0 Å². The van der Waals surface area contributed by atoms with Crippen LogP contribution in [0.25, 0.3) is 0 Å². The summed E-state index contributed by atoms with van der Waals surface area (Å²) >= 11 is 0. The van der Waals surface area contributed by atoms with E-state index in [0.29, 0.717) is 5.69 Å². The highest BCUT2D eigenvalue weighted by atomic mass is 16.5. The number of rotatable bonds is 5. The summed E-state index contributed by atoms with van der Waals surface area (Å²) in [7, 11) is 0. The Kier molecular flexibility index (Phi) is 3.39. The van der Waals surface area contributed by atoms with E-state index in [1.807, 2.05) is 12.1 Å². The molecule has 0 saturated heterocycles.